The maximum absolute atomic E-state index is 12.0. The molecule has 0 unspecified atom stereocenters. The van der Waals surface area contributed by atoms with Crippen molar-refractivity contribution in [1.82, 2.24) is 9.97 Å². The molecule has 1 saturated carbocycles. The number of aromatic nitrogens is 2. The van der Waals surface area contributed by atoms with Gasteiger partial charge in [0.2, 0.25) is 5.88 Å². The van der Waals surface area contributed by atoms with Gasteiger partial charge in [-0.05, 0) is 62.8 Å². The predicted molar refractivity (Wildman–Crippen MR) is 105 cm³/mol. The Bertz CT molecular complexity index is 868. The number of hydrogen-bond acceptors (Lipinski definition) is 6. The van der Waals surface area contributed by atoms with Crippen LogP contribution in [0.5, 0.6) is 5.88 Å². The third-order valence-electron chi connectivity index (χ3n) is 5.50. The predicted octanol–water partition coefficient (Wildman–Crippen LogP) is 2.98. The van der Waals surface area contributed by atoms with Crippen LogP contribution in [0.15, 0.2) is 30.5 Å². The lowest BCUT2D eigenvalue weighted by atomic mass is 9.94. The molecule has 0 spiro atoms. The van der Waals surface area contributed by atoms with Crippen LogP contribution in [0, 0.1) is 5.92 Å². The van der Waals surface area contributed by atoms with E-state index in [2.05, 4.69) is 14.9 Å². The van der Waals surface area contributed by atoms with E-state index >= 15 is 0 Å². The van der Waals surface area contributed by atoms with Crippen molar-refractivity contribution in [3.05, 3.63) is 36.2 Å². The minimum absolute atomic E-state index is 0.0332. The summed E-state index contributed by atoms with van der Waals surface area (Å²) in [6.45, 7) is 2.98. The quantitative estimate of drug-likeness (QED) is 0.792. The maximum Gasteiger partial charge on any atom is 0.356 e. The second kappa shape index (κ2) is 7.75. The second-order valence-electron chi connectivity index (χ2n) is 7.43. The van der Waals surface area contributed by atoms with Gasteiger partial charge >= 0.3 is 5.97 Å². The molecule has 28 heavy (non-hydrogen) atoms. The molecule has 2 fully saturated rings. The van der Waals surface area contributed by atoms with Crippen molar-refractivity contribution >= 4 is 11.7 Å². The number of pyridine rings is 2. The number of carbonyl (C=O) groups is 1. The highest BCUT2D eigenvalue weighted by atomic mass is 16.5. The fourth-order valence-electron chi connectivity index (χ4n) is 4.03. The average Bonchev–Trinajstić information content (AvgIpc) is 3.53. The number of rotatable bonds is 6. The molecule has 2 aliphatic rings. The largest absolute Gasteiger partial charge is 0.477 e. The molecule has 3 heterocycles. The summed E-state index contributed by atoms with van der Waals surface area (Å²) < 4.78 is 5.57. The number of aliphatic hydroxyl groups excluding tert-OH is 1. The van der Waals surface area contributed by atoms with E-state index in [0.29, 0.717) is 54.7 Å². The van der Waals surface area contributed by atoms with Crippen LogP contribution in [0.1, 0.15) is 43.1 Å². The first-order chi connectivity index (χ1) is 13.6. The van der Waals surface area contributed by atoms with Crippen LogP contribution in [0.3, 0.4) is 0 Å². The number of hydrogen-bond donors (Lipinski definition) is 2. The number of aromatic carboxylic acids is 1. The van der Waals surface area contributed by atoms with E-state index in [-0.39, 0.29) is 17.8 Å². The smallest absolute Gasteiger partial charge is 0.356 e. The van der Waals surface area contributed by atoms with Gasteiger partial charge in [0.1, 0.15) is 0 Å². The fourth-order valence-corrected chi connectivity index (χ4v) is 4.03. The van der Waals surface area contributed by atoms with Crippen molar-refractivity contribution in [3.63, 3.8) is 0 Å². The van der Waals surface area contributed by atoms with Crippen molar-refractivity contribution in [2.75, 3.05) is 18.1 Å². The first-order valence-electron chi connectivity index (χ1n) is 9.85. The minimum atomic E-state index is -1.06. The Labute approximate surface area is 164 Å². The van der Waals surface area contributed by atoms with Gasteiger partial charge in [-0.1, -0.05) is 0 Å². The standard InChI is InChI=1S/C21H25N3O4/c1-2-28-20-15(4-3-10-22-20)16-7-8-17(19(23-16)21(26)27)24-11-9-14(25)12-18(24)13-5-6-13/h3-4,7-8,10,13-14,18,25H,2,5-6,9,11-12H2,1H3,(H,26,27)/t14-,18-/m1/s1. The summed E-state index contributed by atoms with van der Waals surface area (Å²) >= 11 is 0. The third kappa shape index (κ3) is 3.67. The molecule has 2 N–H and O–H groups in total. The topological polar surface area (TPSA) is 95.8 Å². The molecule has 0 amide bonds. The molecule has 1 aliphatic heterocycles. The van der Waals surface area contributed by atoms with E-state index in [1.807, 2.05) is 25.1 Å². The Kier molecular flexibility index (Phi) is 5.17. The Morgan fingerprint density at radius 3 is 2.82 bits per heavy atom. The lowest BCUT2D eigenvalue weighted by Gasteiger charge is -2.40. The number of piperidine rings is 1. The van der Waals surface area contributed by atoms with Gasteiger partial charge < -0.3 is 19.8 Å². The van der Waals surface area contributed by atoms with E-state index in [1.165, 1.54) is 0 Å². The first kappa shape index (κ1) is 18.7. The summed E-state index contributed by atoms with van der Waals surface area (Å²) in [5, 5.41) is 19.9. The molecule has 7 nitrogen and oxygen atoms in total. The number of anilines is 1. The zero-order valence-electron chi connectivity index (χ0n) is 15.9. The van der Waals surface area contributed by atoms with Gasteiger partial charge in [-0.3, -0.25) is 0 Å². The second-order valence-corrected chi connectivity index (χ2v) is 7.43. The van der Waals surface area contributed by atoms with E-state index in [1.54, 1.807) is 12.3 Å². The Morgan fingerprint density at radius 2 is 2.11 bits per heavy atom. The monoisotopic (exact) mass is 383 g/mol. The van der Waals surface area contributed by atoms with Gasteiger partial charge in [0.05, 0.1) is 29.7 Å². The molecular formula is C21H25N3O4. The highest BCUT2D eigenvalue weighted by molar-refractivity contribution is 5.93. The summed E-state index contributed by atoms with van der Waals surface area (Å²) in [5.74, 6) is -0.0861. The van der Waals surface area contributed by atoms with E-state index < -0.39 is 5.97 Å². The zero-order chi connectivity index (χ0) is 19.7. The number of carboxylic acid groups (broad SMARTS) is 1. The van der Waals surface area contributed by atoms with Crippen LogP contribution < -0.4 is 9.64 Å². The molecule has 0 bridgehead atoms. The normalized spacial score (nSPS) is 22.1. The van der Waals surface area contributed by atoms with Gasteiger partial charge in [-0.2, -0.15) is 0 Å². The van der Waals surface area contributed by atoms with Crippen LogP contribution in [0.25, 0.3) is 11.3 Å². The van der Waals surface area contributed by atoms with Crippen LogP contribution in [-0.4, -0.2) is 51.4 Å². The summed E-state index contributed by atoms with van der Waals surface area (Å²) in [7, 11) is 0. The number of nitrogens with zero attached hydrogens (tertiary/aromatic N) is 3. The Balaban J connectivity index is 1.73. The van der Waals surface area contributed by atoms with E-state index in [9.17, 15) is 15.0 Å². The third-order valence-corrected chi connectivity index (χ3v) is 5.50. The maximum atomic E-state index is 12.0. The Hall–Kier alpha value is -2.67. The molecular weight excluding hydrogens is 358 g/mol. The van der Waals surface area contributed by atoms with Crippen molar-refractivity contribution < 1.29 is 19.7 Å². The van der Waals surface area contributed by atoms with Crippen LogP contribution in [-0.2, 0) is 0 Å². The van der Waals surface area contributed by atoms with Gasteiger partial charge in [0, 0.05) is 18.8 Å². The van der Waals surface area contributed by atoms with Crippen molar-refractivity contribution in [2.45, 2.75) is 44.8 Å². The number of carboxylic acids is 1. The summed E-state index contributed by atoms with van der Waals surface area (Å²) in [6, 6.07) is 7.45. The number of ether oxygens (including phenoxy) is 1. The molecule has 2 aromatic heterocycles. The van der Waals surface area contributed by atoms with Crippen molar-refractivity contribution in [2.24, 2.45) is 5.92 Å². The van der Waals surface area contributed by atoms with Crippen LogP contribution >= 0.6 is 0 Å². The molecule has 1 aliphatic carbocycles. The first-order valence-corrected chi connectivity index (χ1v) is 9.85. The molecule has 148 valence electrons. The molecule has 0 radical (unpaired) electrons. The van der Waals surface area contributed by atoms with Gasteiger partial charge in [0.25, 0.3) is 0 Å². The van der Waals surface area contributed by atoms with Crippen molar-refractivity contribution in [3.8, 4) is 17.1 Å². The lowest BCUT2D eigenvalue weighted by Crippen LogP contribution is -2.46. The average molecular weight is 383 g/mol. The summed E-state index contributed by atoms with van der Waals surface area (Å²) in [6.07, 6.45) is 4.92. The van der Waals surface area contributed by atoms with E-state index in [4.69, 9.17) is 4.74 Å². The highest BCUT2D eigenvalue weighted by Crippen LogP contribution is 2.42. The van der Waals surface area contributed by atoms with Crippen LogP contribution in [0.2, 0.25) is 0 Å². The van der Waals surface area contributed by atoms with Gasteiger partial charge in [0.15, 0.2) is 5.69 Å². The lowest BCUT2D eigenvalue weighted by molar-refractivity contribution is 0.0690. The molecule has 4 rings (SSSR count). The molecule has 7 heteroatoms. The zero-order valence-corrected chi connectivity index (χ0v) is 15.9. The van der Waals surface area contributed by atoms with Gasteiger partial charge in [-0.25, -0.2) is 14.8 Å². The summed E-state index contributed by atoms with van der Waals surface area (Å²) in [5.41, 5.74) is 1.86. The number of aliphatic hydroxyl groups is 1. The highest BCUT2D eigenvalue weighted by Gasteiger charge is 2.40. The molecule has 2 aromatic rings. The SMILES string of the molecule is CCOc1ncccc1-c1ccc(N2CC[C@@H](O)C[C@@H]2C2CC2)c(C(=O)O)n1. The summed E-state index contributed by atoms with van der Waals surface area (Å²) in [4.78, 5) is 22.9. The Morgan fingerprint density at radius 1 is 1.29 bits per heavy atom. The van der Waals surface area contributed by atoms with Gasteiger partial charge in [-0.15, -0.1) is 0 Å². The minimum Gasteiger partial charge on any atom is -0.477 e. The molecule has 0 aromatic carbocycles. The fraction of sp³-hybridized carbons (Fsp3) is 0.476. The van der Waals surface area contributed by atoms with E-state index in [0.717, 1.165) is 12.8 Å². The molecule has 1 saturated heterocycles. The molecule has 2 atom stereocenters. The van der Waals surface area contributed by atoms with Crippen molar-refractivity contribution in [1.29, 1.82) is 0 Å². The van der Waals surface area contributed by atoms with Crippen LogP contribution in [0.4, 0.5) is 5.69 Å².